The molecule has 4 nitrogen and oxygen atoms in total. The van der Waals surface area contributed by atoms with Crippen molar-refractivity contribution in [2.45, 2.75) is 40.0 Å². The molecule has 0 aromatic heterocycles. The quantitative estimate of drug-likeness (QED) is 0.897. The average molecular weight is 296 g/mol. The third-order valence-corrected chi connectivity index (χ3v) is 4.73. The Morgan fingerprint density at radius 1 is 1.30 bits per heavy atom. The first-order chi connectivity index (χ1) is 9.25. The van der Waals surface area contributed by atoms with E-state index in [0.29, 0.717) is 12.1 Å². The summed E-state index contributed by atoms with van der Waals surface area (Å²) in [6.45, 7) is 7.09. The molecule has 0 saturated carbocycles. The lowest BCUT2D eigenvalue weighted by atomic mass is 9.94. The maximum Gasteiger partial charge on any atom is 0.232 e. The van der Waals surface area contributed by atoms with E-state index in [2.05, 4.69) is 10.0 Å². The molecule has 0 radical (unpaired) electrons. The van der Waals surface area contributed by atoms with E-state index in [0.717, 1.165) is 25.1 Å². The molecule has 0 fully saturated rings. The van der Waals surface area contributed by atoms with Gasteiger partial charge in [-0.1, -0.05) is 26.8 Å². The second-order valence-corrected chi connectivity index (χ2v) is 8.48. The maximum absolute atomic E-state index is 12.1. The highest BCUT2D eigenvalue weighted by atomic mass is 32.2. The van der Waals surface area contributed by atoms with Gasteiger partial charge in [-0.3, -0.25) is 4.72 Å². The predicted octanol–water partition coefficient (Wildman–Crippen LogP) is 3.22. The van der Waals surface area contributed by atoms with E-state index in [-0.39, 0.29) is 11.2 Å². The first-order valence-electron chi connectivity index (χ1n) is 7.12. The standard InChI is InChI=1S/C15H24N2O2S/c1-15(2,3)8-10-20(18,19)17-13-7-6-12-5-4-9-16-14(12)11-13/h6-7,11,16-17H,4-5,8-10H2,1-3H3. The van der Waals surface area contributed by atoms with Crippen molar-refractivity contribution in [2.75, 3.05) is 22.3 Å². The van der Waals surface area contributed by atoms with Crippen LogP contribution in [0.15, 0.2) is 18.2 Å². The summed E-state index contributed by atoms with van der Waals surface area (Å²) in [5, 5.41) is 3.31. The molecule has 1 aromatic carbocycles. The fourth-order valence-electron chi connectivity index (χ4n) is 2.20. The van der Waals surface area contributed by atoms with Crippen LogP contribution < -0.4 is 10.0 Å². The molecule has 1 aliphatic rings. The summed E-state index contributed by atoms with van der Waals surface area (Å²) in [5.74, 6) is 0.154. The number of rotatable bonds is 4. The smallest absolute Gasteiger partial charge is 0.232 e. The number of nitrogens with one attached hydrogen (secondary N) is 2. The highest BCUT2D eigenvalue weighted by Gasteiger charge is 2.18. The van der Waals surface area contributed by atoms with E-state index in [1.807, 2.05) is 39.0 Å². The lowest BCUT2D eigenvalue weighted by Gasteiger charge is -2.20. The van der Waals surface area contributed by atoms with E-state index >= 15 is 0 Å². The van der Waals surface area contributed by atoms with Crippen LogP contribution in [-0.4, -0.2) is 20.7 Å². The molecule has 5 heteroatoms. The Labute approximate surface area is 122 Å². The normalized spacial score (nSPS) is 15.3. The molecule has 0 unspecified atom stereocenters. The van der Waals surface area contributed by atoms with Crippen molar-refractivity contribution in [2.24, 2.45) is 5.41 Å². The van der Waals surface area contributed by atoms with Gasteiger partial charge in [0.25, 0.3) is 0 Å². The summed E-state index contributed by atoms with van der Waals surface area (Å²) in [6.07, 6.45) is 2.83. The Morgan fingerprint density at radius 3 is 2.75 bits per heavy atom. The maximum atomic E-state index is 12.1. The Morgan fingerprint density at radius 2 is 2.05 bits per heavy atom. The number of anilines is 2. The van der Waals surface area contributed by atoms with E-state index in [9.17, 15) is 8.42 Å². The molecule has 112 valence electrons. The van der Waals surface area contributed by atoms with Crippen LogP contribution in [-0.2, 0) is 16.4 Å². The van der Waals surface area contributed by atoms with Crippen LogP contribution in [0.1, 0.15) is 39.2 Å². The zero-order valence-corrected chi connectivity index (χ0v) is 13.3. The zero-order valence-electron chi connectivity index (χ0n) is 12.5. The number of aryl methyl sites for hydroxylation is 1. The lowest BCUT2D eigenvalue weighted by Crippen LogP contribution is -2.21. The van der Waals surface area contributed by atoms with Crippen molar-refractivity contribution < 1.29 is 8.42 Å². The van der Waals surface area contributed by atoms with Crippen LogP contribution in [0.4, 0.5) is 11.4 Å². The summed E-state index contributed by atoms with van der Waals surface area (Å²) in [7, 11) is -3.27. The minimum atomic E-state index is -3.27. The van der Waals surface area contributed by atoms with Crippen molar-refractivity contribution in [3.8, 4) is 0 Å². The molecule has 20 heavy (non-hydrogen) atoms. The predicted molar refractivity (Wildman–Crippen MR) is 84.7 cm³/mol. The summed E-state index contributed by atoms with van der Waals surface area (Å²) >= 11 is 0. The highest BCUT2D eigenvalue weighted by Crippen LogP contribution is 2.26. The van der Waals surface area contributed by atoms with E-state index < -0.39 is 10.0 Å². The second kappa shape index (κ2) is 5.64. The van der Waals surface area contributed by atoms with Crippen LogP contribution in [0, 0.1) is 5.41 Å². The van der Waals surface area contributed by atoms with Crippen LogP contribution in [0.2, 0.25) is 0 Å². The third-order valence-electron chi connectivity index (χ3n) is 3.44. The minimum absolute atomic E-state index is 0.0200. The average Bonchev–Trinajstić information content (AvgIpc) is 2.35. The number of sulfonamides is 1. The molecule has 0 aliphatic carbocycles. The van der Waals surface area contributed by atoms with Gasteiger partial charge in [0.05, 0.1) is 11.4 Å². The van der Waals surface area contributed by atoms with Crippen LogP contribution >= 0.6 is 0 Å². The lowest BCUT2D eigenvalue weighted by molar-refractivity contribution is 0.397. The van der Waals surface area contributed by atoms with Gasteiger partial charge in [0, 0.05) is 12.2 Å². The monoisotopic (exact) mass is 296 g/mol. The number of hydrogen-bond acceptors (Lipinski definition) is 3. The van der Waals surface area contributed by atoms with Crippen molar-refractivity contribution >= 4 is 21.4 Å². The van der Waals surface area contributed by atoms with Crippen molar-refractivity contribution in [3.05, 3.63) is 23.8 Å². The molecular weight excluding hydrogens is 272 g/mol. The summed E-state index contributed by atoms with van der Waals surface area (Å²) in [5.41, 5.74) is 2.97. The Hall–Kier alpha value is -1.23. The van der Waals surface area contributed by atoms with Crippen LogP contribution in [0.5, 0.6) is 0 Å². The molecule has 0 saturated heterocycles. The van der Waals surface area contributed by atoms with E-state index in [4.69, 9.17) is 0 Å². The van der Waals surface area contributed by atoms with Gasteiger partial charge in [0.2, 0.25) is 10.0 Å². The van der Waals surface area contributed by atoms with Crippen molar-refractivity contribution in [1.29, 1.82) is 0 Å². The van der Waals surface area contributed by atoms with Gasteiger partial charge in [0.15, 0.2) is 0 Å². The zero-order chi connectivity index (χ0) is 14.8. The molecule has 0 bridgehead atoms. The van der Waals surface area contributed by atoms with Gasteiger partial charge >= 0.3 is 0 Å². The van der Waals surface area contributed by atoms with Gasteiger partial charge < -0.3 is 5.32 Å². The molecule has 0 spiro atoms. The number of hydrogen-bond donors (Lipinski definition) is 2. The molecule has 0 amide bonds. The van der Waals surface area contributed by atoms with Crippen LogP contribution in [0.25, 0.3) is 0 Å². The number of fused-ring (bicyclic) bond motifs is 1. The highest BCUT2D eigenvalue weighted by molar-refractivity contribution is 7.92. The molecule has 1 aromatic rings. The molecular formula is C15H24N2O2S. The van der Waals surface area contributed by atoms with Gasteiger partial charge in [-0.2, -0.15) is 0 Å². The van der Waals surface area contributed by atoms with Gasteiger partial charge in [0.1, 0.15) is 0 Å². The largest absolute Gasteiger partial charge is 0.385 e. The van der Waals surface area contributed by atoms with Crippen LogP contribution in [0.3, 0.4) is 0 Å². The molecule has 0 atom stereocenters. The van der Waals surface area contributed by atoms with E-state index in [1.165, 1.54) is 5.56 Å². The molecule has 1 heterocycles. The first kappa shape index (κ1) is 15.2. The third kappa shape index (κ3) is 4.40. The van der Waals surface area contributed by atoms with Gasteiger partial charge in [-0.25, -0.2) is 8.42 Å². The topological polar surface area (TPSA) is 58.2 Å². The summed E-state index contributed by atoms with van der Waals surface area (Å²) in [4.78, 5) is 0. The second-order valence-electron chi connectivity index (χ2n) is 6.63. The Kier molecular flexibility index (Phi) is 4.28. The SMILES string of the molecule is CC(C)(C)CCS(=O)(=O)Nc1ccc2c(c1)NCCC2. The Balaban J connectivity index is 2.05. The van der Waals surface area contributed by atoms with Crippen molar-refractivity contribution in [3.63, 3.8) is 0 Å². The van der Waals surface area contributed by atoms with Gasteiger partial charge in [-0.15, -0.1) is 0 Å². The summed E-state index contributed by atoms with van der Waals surface area (Å²) in [6, 6.07) is 5.74. The first-order valence-corrected chi connectivity index (χ1v) is 8.78. The molecule has 2 N–H and O–H groups in total. The van der Waals surface area contributed by atoms with Gasteiger partial charge in [-0.05, 0) is 42.4 Å². The Bertz CT molecular complexity index is 574. The molecule has 2 rings (SSSR count). The molecule has 1 aliphatic heterocycles. The summed E-state index contributed by atoms with van der Waals surface area (Å²) < 4.78 is 26.8. The number of benzene rings is 1. The van der Waals surface area contributed by atoms with E-state index in [1.54, 1.807) is 0 Å². The van der Waals surface area contributed by atoms with Crippen molar-refractivity contribution in [1.82, 2.24) is 0 Å². The minimum Gasteiger partial charge on any atom is -0.385 e. The fraction of sp³-hybridized carbons (Fsp3) is 0.600. The fourth-order valence-corrected chi connectivity index (χ4v) is 3.66.